The van der Waals surface area contributed by atoms with E-state index in [0.29, 0.717) is 6.54 Å². The highest BCUT2D eigenvalue weighted by molar-refractivity contribution is 5.86. The van der Waals surface area contributed by atoms with Crippen molar-refractivity contribution in [3.8, 4) is 0 Å². The van der Waals surface area contributed by atoms with Gasteiger partial charge in [-0.2, -0.15) is 0 Å². The summed E-state index contributed by atoms with van der Waals surface area (Å²) in [5.41, 5.74) is 9.52. The zero-order chi connectivity index (χ0) is 13.8. The van der Waals surface area contributed by atoms with Gasteiger partial charge >= 0.3 is 0 Å². The number of rotatable bonds is 3. The molecular weight excluding hydrogens is 238 g/mol. The lowest BCUT2D eigenvalue weighted by atomic mass is 10.0. The molecule has 3 N–H and O–H groups in total. The third-order valence-corrected chi connectivity index (χ3v) is 3.77. The highest BCUT2D eigenvalue weighted by Gasteiger charge is 2.28. The van der Waals surface area contributed by atoms with E-state index < -0.39 is 0 Å². The molecule has 1 fully saturated rings. The van der Waals surface area contributed by atoms with E-state index in [0.717, 1.165) is 25.9 Å². The van der Waals surface area contributed by atoms with Crippen molar-refractivity contribution in [2.75, 3.05) is 24.5 Å². The minimum atomic E-state index is -0.256. The summed E-state index contributed by atoms with van der Waals surface area (Å²) in [6.45, 7) is 6.21. The second kappa shape index (κ2) is 6.06. The molecule has 0 aromatic heterocycles. The zero-order valence-corrected chi connectivity index (χ0v) is 11.8. The Balaban J connectivity index is 2.45. The molecular formula is C15H23N3O. The molecule has 1 saturated heterocycles. The zero-order valence-electron chi connectivity index (χ0n) is 11.8. The molecule has 1 aromatic carbocycles. The number of amides is 1. The number of benzene rings is 1. The molecule has 2 rings (SSSR count). The summed E-state index contributed by atoms with van der Waals surface area (Å²) in [4.78, 5) is 14.3. The Bertz CT molecular complexity index is 459. The monoisotopic (exact) mass is 261 g/mol. The van der Waals surface area contributed by atoms with Gasteiger partial charge in [-0.05, 0) is 30.9 Å². The fraction of sp³-hybridized carbons (Fsp3) is 0.533. The lowest BCUT2D eigenvalue weighted by Crippen LogP contribution is -2.49. The average Bonchev–Trinajstić information content (AvgIpc) is 2.59. The van der Waals surface area contributed by atoms with Crippen molar-refractivity contribution in [2.45, 2.75) is 32.7 Å². The van der Waals surface area contributed by atoms with E-state index in [2.05, 4.69) is 42.3 Å². The molecule has 1 aliphatic rings. The van der Waals surface area contributed by atoms with E-state index in [4.69, 9.17) is 5.73 Å². The van der Waals surface area contributed by atoms with Crippen molar-refractivity contribution in [1.82, 2.24) is 5.32 Å². The number of carbonyl (C=O) groups excluding carboxylic acids is 1. The summed E-state index contributed by atoms with van der Waals surface area (Å²) in [5, 5.41) is 2.94. The molecule has 19 heavy (non-hydrogen) atoms. The van der Waals surface area contributed by atoms with E-state index in [1.807, 2.05) is 0 Å². The van der Waals surface area contributed by atoms with Gasteiger partial charge in [0.15, 0.2) is 0 Å². The molecule has 1 aromatic rings. The third-order valence-electron chi connectivity index (χ3n) is 3.77. The molecule has 0 aliphatic carbocycles. The van der Waals surface area contributed by atoms with Gasteiger partial charge in [0.1, 0.15) is 6.04 Å². The summed E-state index contributed by atoms with van der Waals surface area (Å²) >= 11 is 0. The first kappa shape index (κ1) is 13.9. The molecule has 1 heterocycles. The normalized spacial score (nSPS) is 20.1. The van der Waals surface area contributed by atoms with Crippen molar-refractivity contribution in [3.63, 3.8) is 0 Å². The lowest BCUT2D eigenvalue weighted by molar-refractivity contribution is -0.121. The maximum Gasteiger partial charge on any atom is 0.244 e. The van der Waals surface area contributed by atoms with Gasteiger partial charge in [0.05, 0.1) is 0 Å². The summed E-state index contributed by atoms with van der Waals surface area (Å²) in [6.07, 6.45) is 1.92. The second-order valence-electron chi connectivity index (χ2n) is 5.03. The highest BCUT2D eigenvalue weighted by Crippen LogP contribution is 2.28. The summed E-state index contributed by atoms with van der Waals surface area (Å²) < 4.78 is 0. The topological polar surface area (TPSA) is 58.4 Å². The van der Waals surface area contributed by atoms with Crippen LogP contribution in [0.3, 0.4) is 0 Å². The first-order valence-electron chi connectivity index (χ1n) is 7.02. The van der Waals surface area contributed by atoms with Crippen LogP contribution in [0.5, 0.6) is 0 Å². The van der Waals surface area contributed by atoms with Crippen molar-refractivity contribution in [1.29, 1.82) is 0 Å². The fourth-order valence-electron chi connectivity index (χ4n) is 2.79. The largest absolute Gasteiger partial charge is 0.358 e. The van der Waals surface area contributed by atoms with E-state index in [-0.39, 0.29) is 11.9 Å². The fourth-order valence-corrected chi connectivity index (χ4v) is 2.79. The van der Waals surface area contributed by atoms with Crippen LogP contribution in [0.2, 0.25) is 0 Å². The molecule has 1 unspecified atom stereocenters. The maximum atomic E-state index is 12.1. The van der Waals surface area contributed by atoms with Crippen LogP contribution < -0.4 is 16.0 Å². The number of nitrogens with one attached hydrogen (secondary N) is 1. The molecule has 104 valence electrons. The van der Waals surface area contributed by atoms with Crippen molar-refractivity contribution < 1.29 is 4.79 Å². The average molecular weight is 261 g/mol. The van der Waals surface area contributed by atoms with E-state index in [1.54, 1.807) is 0 Å². The SMILES string of the molecule is CCc1cccc(C)c1N1CCCNC(=O)C1CN. The molecule has 0 radical (unpaired) electrons. The number of anilines is 1. The Morgan fingerprint density at radius 1 is 1.47 bits per heavy atom. The quantitative estimate of drug-likeness (QED) is 0.860. The number of nitrogens with zero attached hydrogens (tertiary/aromatic N) is 1. The van der Waals surface area contributed by atoms with Crippen LogP contribution in [0.4, 0.5) is 5.69 Å². The Kier molecular flexibility index (Phi) is 4.43. The maximum absolute atomic E-state index is 12.1. The van der Waals surface area contributed by atoms with Crippen LogP contribution in [0.15, 0.2) is 18.2 Å². The summed E-state index contributed by atoms with van der Waals surface area (Å²) in [7, 11) is 0. The van der Waals surface area contributed by atoms with Crippen LogP contribution in [0.25, 0.3) is 0 Å². The van der Waals surface area contributed by atoms with Crippen LogP contribution in [-0.2, 0) is 11.2 Å². The standard InChI is InChI=1S/C15H23N3O/c1-3-12-7-4-6-11(2)14(12)18-9-5-8-17-15(19)13(18)10-16/h4,6-7,13H,3,5,8-10,16H2,1-2H3,(H,17,19). The van der Waals surface area contributed by atoms with Gasteiger partial charge in [0.25, 0.3) is 0 Å². The first-order chi connectivity index (χ1) is 9.19. The summed E-state index contributed by atoms with van der Waals surface area (Å²) in [6, 6.07) is 6.06. The number of aryl methyl sites for hydroxylation is 2. The smallest absolute Gasteiger partial charge is 0.244 e. The van der Waals surface area contributed by atoms with Crippen LogP contribution in [0, 0.1) is 6.92 Å². The Morgan fingerprint density at radius 2 is 2.26 bits per heavy atom. The summed E-state index contributed by atoms with van der Waals surface area (Å²) in [5.74, 6) is 0.0466. The Morgan fingerprint density at radius 3 is 2.95 bits per heavy atom. The van der Waals surface area contributed by atoms with Gasteiger partial charge in [-0.15, -0.1) is 0 Å². The highest BCUT2D eigenvalue weighted by atomic mass is 16.2. The number of hydrogen-bond acceptors (Lipinski definition) is 3. The number of para-hydroxylation sites is 1. The van der Waals surface area contributed by atoms with Crippen molar-refractivity contribution in [3.05, 3.63) is 29.3 Å². The number of hydrogen-bond donors (Lipinski definition) is 2. The van der Waals surface area contributed by atoms with Crippen LogP contribution in [0.1, 0.15) is 24.5 Å². The van der Waals surface area contributed by atoms with E-state index in [9.17, 15) is 4.79 Å². The van der Waals surface area contributed by atoms with Gasteiger partial charge in [-0.25, -0.2) is 0 Å². The lowest BCUT2D eigenvalue weighted by Gasteiger charge is -2.32. The third kappa shape index (κ3) is 2.73. The predicted molar refractivity (Wildman–Crippen MR) is 78.4 cm³/mol. The predicted octanol–water partition coefficient (Wildman–Crippen LogP) is 1.21. The second-order valence-corrected chi connectivity index (χ2v) is 5.03. The van der Waals surface area contributed by atoms with Gasteiger partial charge in [-0.3, -0.25) is 4.79 Å². The van der Waals surface area contributed by atoms with Crippen LogP contribution in [-0.4, -0.2) is 31.6 Å². The van der Waals surface area contributed by atoms with E-state index >= 15 is 0 Å². The molecule has 0 saturated carbocycles. The van der Waals surface area contributed by atoms with Gasteiger partial charge < -0.3 is 16.0 Å². The molecule has 1 amide bonds. The van der Waals surface area contributed by atoms with Gasteiger partial charge in [0.2, 0.25) is 5.91 Å². The van der Waals surface area contributed by atoms with Crippen LogP contribution >= 0.6 is 0 Å². The molecule has 1 atom stereocenters. The first-order valence-corrected chi connectivity index (χ1v) is 7.02. The molecule has 4 heteroatoms. The molecule has 0 spiro atoms. The molecule has 1 aliphatic heterocycles. The Labute approximate surface area is 115 Å². The van der Waals surface area contributed by atoms with E-state index in [1.165, 1.54) is 16.8 Å². The van der Waals surface area contributed by atoms with Gasteiger partial charge in [0, 0.05) is 25.3 Å². The minimum absolute atomic E-state index is 0.0466. The number of nitrogens with two attached hydrogens (primary N) is 1. The molecule has 4 nitrogen and oxygen atoms in total. The van der Waals surface area contributed by atoms with Crippen molar-refractivity contribution >= 4 is 11.6 Å². The Hall–Kier alpha value is -1.55. The number of carbonyl (C=O) groups is 1. The van der Waals surface area contributed by atoms with Gasteiger partial charge in [-0.1, -0.05) is 25.1 Å². The van der Waals surface area contributed by atoms with Crippen molar-refractivity contribution in [2.24, 2.45) is 5.73 Å². The minimum Gasteiger partial charge on any atom is -0.358 e. The molecule has 0 bridgehead atoms.